The second-order valence-corrected chi connectivity index (χ2v) is 7.31. The average Bonchev–Trinajstić information content (AvgIpc) is 3.41. The summed E-state index contributed by atoms with van der Waals surface area (Å²) in [5, 5.41) is 16.5. The standard InChI is InChI=1S/C17H18N6O5S2/c1-4-28-15(25)11-8-29-16(18-11)19-14(24)9-30-17-20-21-22-23(17)12-7-10(26-2)5-6-13(12)27-3/h5-8H,4,9H2,1-3H3,(H,18,19,24). The normalized spacial score (nSPS) is 10.5. The molecule has 0 saturated heterocycles. The molecule has 0 spiro atoms. The fourth-order valence-corrected chi connectivity index (χ4v) is 3.68. The third kappa shape index (κ3) is 5.04. The number of nitrogens with zero attached hydrogens (tertiary/aromatic N) is 5. The van der Waals surface area contributed by atoms with Crippen LogP contribution in [0.2, 0.25) is 0 Å². The summed E-state index contributed by atoms with van der Waals surface area (Å²) in [4.78, 5) is 28.0. The number of benzene rings is 1. The van der Waals surface area contributed by atoms with Gasteiger partial charge in [-0.05, 0) is 29.5 Å². The minimum Gasteiger partial charge on any atom is -0.497 e. The first-order valence-corrected chi connectivity index (χ1v) is 10.5. The van der Waals surface area contributed by atoms with Crippen molar-refractivity contribution in [2.45, 2.75) is 12.1 Å². The molecule has 13 heteroatoms. The molecule has 0 atom stereocenters. The van der Waals surface area contributed by atoms with E-state index < -0.39 is 5.97 Å². The van der Waals surface area contributed by atoms with Crippen molar-refractivity contribution in [2.24, 2.45) is 0 Å². The Balaban J connectivity index is 1.66. The van der Waals surface area contributed by atoms with Crippen molar-refractivity contribution < 1.29 is 23.8 Å². The van der Waals surface area contributed by atoms with Gasteiger partial charge in [-0.3, -0.25) is 4.79 Å². The predicted octanol–water partition coefficient (Wildman–Crippen LogP) is 2.04. The fraction of sp³-hybridized carbons (Fsp3) is 0.294. The topological polar surface area (TPSA) is 130 Å². The summed E-state index contributed by atoms with van der Waals surface area (Å²) < 4.78 is 16.9. The Morgan fingerprint density at radius 1 is 1.27 bits per heavy atom. The molecule has 1 amide bonds. The number of carbonyl (C=O) groups excluding carboxylic acids is 2. The maximum absolute atomic E-state index is 12.3. The molecule has 1 aromatic carbocycles. The zero-order chi connectivity index (χ0) is 21.5. The number of rotatable bonds is 9. The molecular formula is C17H18N6O5S2. The van der Waals surface area contributed by atoms with Crippen LogP contribution in [0.4, 0.5) is 5.13 Å². The van der Waals surface area contributed by atoms with Gasteiger partial charge in [0.05, 0.1) is 26.6 Å². The predicted molar refractivity (Wildman–Crippen MR) is 110 cm³/mol. The molecule has 11 nitrogen and oxygen atoms in total. The molecule has 3 aromatic rings. The van der Waals surface area contributed by atoms with Crippen LogP contribution in [-0.2, 0) is 9.53 Å². The minimum atomic E-state index is -0.532. The van der Waals surface area contributed by atoms with Crippen molar-refractivity contribution in [3.05, 3.63) is 29.3 Å². The number of aromatic nitrogens is 5. The van der Waals surface area contributed by atoms with Crippen molar-refractivity contribution in [2.75, 3.05) is 31.9 Å². The van der Waals surface area contributed by atoms with E-state index in [0.29, 0.717) is 27.5 Å². The van der Waals surface area contributed by atoms with Crippen molar-refractivity contribution in [3.8, 4) is 17.2 Å². The molecule has 0 fully saturated rings. The van der Waals surface area contributed by atoms with Gasteiger partial charge in [0, 0.05) is 11.4 Å². The molecule has 0 saturated carbocycles. The molecular weight excluding hydrogens is 432 g/mol. The zero-order valence-electron chi connectivity index (χ0n) is 16.3. The van der Waals surface area contributed by atoms with Gasteiger partial charge in [0.2, 0.25) is 11.1 Å². The SMILES string of the molecule is CCOC(=O)c1csc(NC(=O)CSc2nnnn2-c2cc(OC)ccc2OC)n1. The highest BCUT2D eigenvalue weighted by molar-refractivity contribution is 7.99. The number of amides is 1. The van der Waals surface area contributed by atoms with Gasteiger partial charge in [0.1, 0.15) is 17.2 Å². The van der Waals surface area contributed by atoms with Crippen LogP contribution < -0.4 is 14.8 Å². The second-order valence-electron chi connectivity index (χ2n) is 5.51. The summed E-state index contributed by atoms with van der Waals surface area (Å²) >= 11 is 2.27. The smallest absolute Gasteiger partial charge is 0.357 e. The molecule has 158 valence electrons. The van der Waals surface area contributed by atoms with Crippen LogP contribution >= 0.6 is 23.1 Å². The van der Waals surface area contributed by atoms with Gasteiger partial charge in [-0.25, -0.2) is 9.78 Å². The molecule has 0 aliphatic carbocycles. The third-order valence-electron chi connectivity index (χ3n) is 3.62. The molecule has 0 radical (unpaired) electrons. The number of tetrazole rings is 1. The van der Waals surface area contributed by atoms with Gasteiger partial charge >= 0.3 is 5.97 Å². The van der Waals surface area contributed by atoms with Crippen LogP contribution in [0.15, 0.2) is 28.7 Å². The number of esters is 1. The minimum absolute atomic E-state index is 0.0287. The van der Waals surface area contributed by atoms with E-state index in [4.69, 9.17) is 14.2 Å². The number of nitrogens with one attached hydrogen (secondary N) is 1. The van der Waals surface area contributed by atoms with Crippen LogP contribution in [0.25, 0.3) is 5.69 Å². The molecule has 2 heterocycles. The van der Waals surface area contributed by atoms with Crippen molar-refractivity contribution >= 4 is 40.1 Å². The molecule has 3 rings (SSSR count). The Labute approximate surface area is 179 Å². The Morgan fingerprint density at radius 3 is 2.83 bits per heavy atom. The van der Waals surface area contributed by atoms with E-state index in [1.807, 2.05) is 0 Å². The van der Waals surface area contributed by atoms with E-state index in [1.165, 1.54) is 17.2 Å². The summed E-state index contributed by atoms with van der Waals surface area (Å²) in [5.74, 6) is 0.327. The summed E-state index contributed by atoms with van der Waals surface area (Å²) in [6.45, 7) is 1.96. The van der Waals surface area contributed by atoms with Crippen LogP contribution in [0.3, 0.4) is 0 Å². The fourth-order valence-electron chi connectivity index (χ4n) is 2.30. The van der Waals surface area contributed by atoms with E-state index >= 15 is 0 Å². The monoisotopic (exact) mass is 450 g/mol. The van der Waals surface area contributed by atoms with Gasteiger partial charge < -0.3 is 19.5 Å². The number of ether oxygens (including phenoxy) is 3. The number of hydrogen-bond acceptors (Lipinski definition) is 11. The van der Waals surface area contributed by atoms with Crippen LogP contribution in [0.5, 0.6) is 11.5 Å². The van der Waals surface area contributed by atoms with Gasteiger partial charge in [0.25, 0.3) is 0 Å². The Bertz CT molecular complexity index is 1040. The van der Waals surface area contributed by atoms with Crippen molar-refractivity contribution in [1.29, 1.82) is 0 Å². The Hall–Kier alpha value is -3.19. The van der Waals surface area contributed by atoms with E-state index in [2.05, 4.69) is 25.8 Å². The first-order chi connectivity index (χ1) is 14.5. The van der Waals surface area contributed by atoms with Crippen LogP contribution in [-0.4, -0.2) is 63.6 Å². The molecule has 1 N–H and O–H groups in total. The number of thioether (sulfide) groups is 1. The first-order valence-electron chi connectivity index (χ1n) is 8.61. The van der Waals surface area contributed by atoms with Gasteiger partial charge in [-0.2, -0.15) is 4.68 Å². The Kier molecular flexibility index (Phi) is 7.19. The van der Waals surface area contributed by atoms with Gasteiger partial charge in [-0.15, -0.1) is 16.4 Å². The highest BCUT2D eigenvalue weighted by Crippen LogP contribution is 2.29. The lowest BCUT2D eigenvalue weighted by molar-refractivity contribution is -0.113. The average molecular weight is 451 g/mol. The van der Waals surface area contributed by atoms with Gasteiger partial charge in [-0.1, -0.05) is 11.8 Å². The second kappa shape index (κ2) is 10.0. The molecule has 2 aromatic heterocycles. The summed E-state index contributed by atoms with van der Waals surface area (Å²) in [6.07, 6.45) is 0. The zero-order valence-corrected chi connectivity index (χ0v) is 18.0. The summed E-state index contributed by atoms with van der Waals surface area (Å²) in [5.41, 5.74) is 0.725. The highest BCUT2D eigenvalue weighted by atomic mass is 32.2. The maximum Gasteiger partial charge on any atom is 0.357 e. The van der Waals surface area contributed by atoms with Gasteiger partial charge in [0.15, 0.2) is 10.8 Å². The lowest BCUT2D eigenvalue weighted by Gasteiger charge is -2.11. The van der Waals surface area contributed by atoms with Crippen LogP contribution in [0, 0.1) is 0 Å². The third-order valence-corrected chi connectivity index (χ3v) is 5.30. The largest absolute Gasteiger partial charge is 0.497 e. The number of thiazole rings is 1. The first kappa shape index (κ1) is 21.5. The maximum atomic E-state index is 12.3. The molecule has 0 unspecified atom stereocenters. The number of anilines is 1. The number of carbonyl (C=O) groups is 2. The molecule has 30 heavy (non-hydrogen) atoms. The van der Waals surface area contributed by atoms with Crippen LogP contribution in [0.1, 0.15) is 17.4 Å². The molecule has 0 bridgehead atoms. The van der Waals surface area contributed by atoms with E-state index in [9.17, 15) is 9.59 Å². The summed E-state index contributed by atoms with van der Waals surface area (Å²) in [6, 6.07) is 5.22. The van der Waals surface area contributed by atoms with E-state index in [-0.39, 0.29) is 24.0 Å². The van der Waals surface area contributed by atoms with Crippen molar-refractivity contribution in [3.63, 3.8) is 0 Å². The van der Waals surface area contributed by atoms with Crippen molar-refractivity contribution in [1.82, 2.24) is 25.2 Å². The Morgan fingerprint density at radius 2 is 2.10 bits per heavy atom. The van der Waals surface area contributed by atoms with E-state index in [0.717, 1.165) is 23.1 Å². The molecule has 0 aliphatic rings. The highest BCUT2D eigenvalue weighted by Gasteiger charge is 2.17. The lowest BCUT2D eigenvalue weighted by atomic mass is 10.3. The van der Waals surface area contributed by atoms with E-state index in [1.54, 1.807) is 32.2 Å². The number of hydrogen-bond donors (Lipinski definition) is 1. The quantitative estimate of drug-likeness (QED) is 0.382. The summed E-state index contributed by atoms with van der Waals surface area (Å²) in [7, 11) is 3.09. The lowest BCUT2D eigenvalue weighted by Crippen LogP contribution is -2.15. The number of methoxy groups -OCH3 is 2. The molecule has 0 aliphatic heterocycles.